The number of H-pyrrole nitrogens is 1. The van der Waals surface area contributed by atoms with Crippen molar-refractivity contribution >= 4 is 47.4 Å². The maximum Gasteiger partial charge on any atom is 0.449 e. The zero-order chi connectivity index (χ0) is 17.3. The highest BCUT2D eigenvalue weighted by Crippen LogP contribution is 2.29. The average Bonchev–Trinajstić information content (AvgIpc) is 2.93. The molecule has 0 spiro atoms. The molecule has 1 atom stereocenters. The Labute approximate surface area is 160 Å². The molecule has 0 unspecified atom stereocenters. The van der Waals surface area contributed by atoms with Gasteiger partial charge in [-0.2, -0.15) is 13.2 Å². The second-order valence-electron chi connectivity index (χ2n) is 5.89. The molecule has 0 saturated carbocycles. The molecule has 1 fully saturated rings. The lowest BCUT2D eigenvalue weighted by molar-refractivity contribution is -0.144. The SMILES string of the molecule is C[C@@H]1CNCCN1CC(=O)Nc1ccc2nc(C(F)(F)F)[nH]c2c1.Cl.Cl. The van der Waals surface area contributed by atoms with Gasteiger partial charge in [0, 0.05) is 31.4 Å². The number of hydrogen-bond acceptors (Lipinski definition) is 4. The number of fused-ring (bicyclic) bond motifs is 1. The van der Waals surface area contributed by atoms with Gasteiger partial charge < -0.3 is 15.6 Å². The highest BCUT2D eigenvalue weighted by Gasteiger charge is 2.34. The first-order chi connectivity index (χ1) is 11.3. The lowest BCUT2D eigenvalue weighted by atomic mass is 10.2. The number of aromatic nitrogens is 2. The monoisotopic (exact) mass is 413 g/mol. The van der Waals surface area contributed by atoms with Gasteiger partial charge in [-0.1, -0.05) is 0 Å². The average molecular weight is 414 g/mol. The third kappa shape index (κ3) is 5.23. The number of imidazole rings is 1. The van der Waals surface area contributed by atoms with Gasteiger partial charge in [0.2, 0.25) is 11.7 Å². The summed E-state index contributed by atoms with van der Waals surface area (Å²) in [6.07, 6.45) is -4.53. The Morgan fingerprint density at radius 2 is 2.12 bits per heavy atom. The number of alkyl halides is 3. The van der Waals surface area contributed by atoms with Crippen LogP contribution in [0.2, 0.25) is 0 Å². The highest BCUT2D eigenvalue weighted by atomic mass is 35.5. The van der Waals surface area contributed by atoms with Crippen LogP contribution < -0.4 is 10.6 Å². The molecule has 1 saturated heterocycles. The number of aromatic amines is 1. The molecule has 1 aliphatic heterocycles. The molecular formula is C15H20Cl2F3N5O. The van der Waals surface area contributed by atoms with E-state index in [1.54, 1.807) is 6.07 Å². The number of rotatable bonds is 3. The Hall–Kier alpha value is -1.55. The van der Waals surface area contributed by atoms with E-state index in [1.165, 1.54) is 12.1 Å². The topological polar surface area (TPSA) is 73.1 Å². The third-order valence-electron chi connectivity index (χ3n) is 4.02. The van der Waals surface area contributed by atoms with E-state index in [2.05, 4.69) is 25.5 Å². The summed E-state index contributed by atoms with van der Waals surface area (Å²) in [6.45, 7) is 4.72. The van der Waals surface area contributed by atoms with Crippen LogP contribution in [0.15, 0.2) is 18.2 Å². The third-order valence-corrected chi connectivity index (χ3v) is 4.02. The molecule has 1 amide bonds. The summed E-state index contributed by atoms with van der Waals surface area (Å²) in [5, 5.41) is 5.97. The van der Waals surface area contributed by atoms with Crippen LogP contribution in [0.25, 0.3) is 11.0 Å². The van der Waals surface area contributed by atoms with Crippen LogP contribution in [0.1, 0.15) is 12.7 Å². The van der Waals surface area contributed by atoms with Crippen LogP contribution in [0.4, 0.5) is 18.9 Å². The summed E-state index contributed by atoms with van der Waals surface area (Å²) < 4.78 is 38.0. The number of carbonyl (C=O) groups excluding carboxylic acids is 1. The van der Waals surface area contributed by atoms with Crippen LogP contribution in [0, 0.1) is 0 Å². The van der Waals surface area contributed by atoms with Crippen molar-refractivity contribution in [2.75, 3.05) is 31.5 Å². The van der Waals surface area contributed by atoms with Gasteiger partial charge >= 0.3 is 6.18 Å². The Bertz CT molecular complexity index is 752. The van der Waals surface area contributed by atoms with Crippen LogP contribution in [0.3, 0.4) is 0 Å². The van der Waals surface area contributed by atoms with Gasteiger partial charge in [-0.15, -0.1) is 24.8 Å². The van der Waals surface area contributed by atoms with Crippen molar-refractivity contribution in [2.24, 2.45) is 0 Å². The van der Waals surface area contributed by atoms with Crippen LogP contribution >= 0.6 is 24.8 Å². The molecule has 1 aromatic heterocycles. The first kappa shape index (κ1) is 22.5. The predicted molar refractivity (Wildman–Crippen MR) is 98.1 cm³/mol. The minimum atomic E-state index is -4.53. The molecular weight excluding hydrogens is 394 g/mol. The molecule has 26 heavy (non-hydrogen) atoms. The molecule has 0 radical (unpaired) electrons. The van der Waals surface area contributed by atoms with E-state index in [0.29, 0.717) is 5.69 Å². The molecule has 2 heterocycles. The first-order valence-electron chi connectivity index (χ1n) is 7.64. The number of amides is 1. The van der Waals surface area contributed by atoms with E-state index in [1.807, 2.05) is 6.92 Å². The van der Waals surface area contributed by atoms with Crippen molar-refractivity contribution in [1.82, 2.24) is 20.2 Å². The van der Waals surface area contributed by atoms with Gasteiger partial charge in [-0.05, 0) is 25.1 Å². The molecule has 3 N–H and O–H groups in total. The fourth-order valence-corrected chi connectivity index (χ4v) is 2.72. The van der Waals surface area contributed by atoms with E-state index in [4.69, 9.17) is 0 Å². The summed E-state index contributed by atoms with van der Waals surface area (Å²) in [5.41, 5.74) is 0.874. The molecule has 0 bridgehead atoms. The van der Waals surface area contributed by atoms with Crippen molar-refractivity contribution < 1.29 is 18.0 Å². The number of nitrogens with zero attached hydrogens (tertiary/aromatic N) is 2. The molecule has 11 heteroatoms. The van der Waals surface area contributed by atoms with E-state index in [-0.39, 0.29) is 54.3 Å². The van der Waals surface area contributed by atoms with Crippen molar-refractivity contribution in [3.63, 3.8) is 0 Å². The fourth-order valence-electron chi connectivity index (χ4n) is 2.72. The predicted octanol–water partition coefficient (Wildman–Crippen LogP) is 2.66. The second-order valence-corrected chi connectivity index (χ2v) is 5.89. The van der Waals surface area contributed by atoms with E-state index in [0.717, 1.165) is 19.6 Å². The first-order valence-corrected chi connectivity index (χ1v) is 7.64. The van der Waals surface area contributed by atoms with E-state index < -0.39 is 12.0 Å². The molecule has 146 valence electrons. The number of benzene rings is 1. The fraction of sp³-hybridized carbons (Fsp3) is 0.467. The largest absolute Gasteiger partial charge is 0.449 e. The van der Waals surface area contributed by atoms with Gasteiger partial charge in [0.1, 0.15) is 0 Å². The number of nitrogens with one attached hydrogen (secondary N) is 3. The van der Waals surface area contributed by atoms with Gasteiger partial charge in [-0.25, -0.2) is 4.98 Å². The van der Waals surface area contributed by atoms with Crippen LogP contribution in [-0.2, 0) is 11.0 Å². The molecule has 0 aliphatic carbocycles. The molecule has 1 aromatic carbocycles. The minimum absolute atomic E-state index is 0. The molecule has 6 nitrogen and oxygen atoms in total. The highest BCUT2D eigenvalue weighted by molar-refractivity contribution is 5.94. The number of piperazine rings is 1. The van der Waals surface area contributed by atoms with Gasteiger partial charge in [0.05, 0.1) is 17.6 Å². The zero-order valence-electron chi connectivity index (χ0n) is 13.9. The molecule has 3 rings (SSSR count). The Balaban J connectivity index is 0.00000169. The van der Waals surface area contributed by atoms with Crippen molar-refractivity contribution in [1.29, 1.82) is 0 Å². The summed E-state index contributed by atoms with van der Waals surface area (Å²) in [5.74, 6) is -1.24. The van der Waals surface area contributed by atoms with Gasteiger partial charge in [-0.3, -0.25) is 9.69 Å². The quantitative estimate of drug-likeness (QED) is 0.722. The second kappa shape index (κ2) is 8.90. The summed E-state index contributed by atoms with van der Waals surface area (Å²) in [4.78, 5) is 19.9. The normalized spacial score (nSPS) is 18.1. The van der Waals surface area contributed by atoms with Crippen molar-refractivity contribution in [3.8, 4) is 0 Å². The number of carbonyl (C=O) groups is 1. The Morgan fingerprint density at radius 1 is 1.38 bits per heavy atom. The summed E-state index contributed by atoms with van der Waals surface area (Å²) in [6, 6.07) is 4.71. The number of hydrogen-bond donors (Lipinski definition) is 3. The standard InChI is InChI=1S/C15H18F3N5O.2ClH/c1-9-7-19-4-5-23(9)8-13(24)20-10-2-3-11-12(6-10)22-14(21-11)15(16,17)18;;/h2-3,6,9,19H,4-5,7-8H2,1H3,(H,20,24)(H,21,22);2*1H/t9-;;/m1../s1. The van der Waals surface area contributed by atoms with Crippen molar-refractivity contribution in [3.05, 3.63) is 24.0 Å². The zero-order valence-corrected chi connectivity index (χ0v) is 15.5. The smallest absolute Gasteiger partial charge is 0.334 e. The number of anilines is 1. The molecule has 1 aliphatic rings. The van der Waals surface area contributed by atoms with Crippen LogP contribution in [0.5, 0.6) is 0 Å². The Kier molecular flexibility index (Phi) is 7.70. The van der Waals surface area contributed by atoms with Crippen molar-refractivity contribution in [2.45, 2.75) is 19.1 Å². The molecule has 2 aromatic rings. The Morgan fingerprint density at radius 3 is 2.77 bits per heavy atom. The maximum absolute atomic E-state index is 12.7. The van der Waals surface area contributed by atoms with Gasteiger partial charge in [0.25, 0.3) is 0 Å². The summed E-state index contributed by atoms with van der Waals surface area (Å²) >= 11 is 0. The minimum Gasteiger partial charge on any atom is -0.334 e. The van der Waals surface area contributed by atoms with E-state index in [9.17, 15) is 18.0 Å². The lowest BCUT2D eigenvalue weighted by Crippen LogP contribution is -2.51. The van der Waals surface area contributed by atoms with Gasteiger partial charge in [0.15, 0.2) is 0 Å². The lowest BCUT2D eigenvalue weighted by Gasteiger charge is -2.33. The maximum atomic E-state index is 12.7. The summed E-state index contributed by atoms with van der Waals surface area (Å²) in [7, 11) is 0. The van der Waals surface area contributed by atoms with Crippen LogP contribution in [-0.4, -0.2) is 53.0 Å². The van der Waals surface area contributed by atoms with E-state index >= 15 is 0 Å². The number of halogens is 5.